The number of carbonyl (C=O) groups is 2. The molecule has 0 spiro atoms. The van der Waals surface area contributed by atoms with Gasteiger partial charge in [0.25, 0.3) is 0 Å². The second-order valence-corrected chi connectivity index (χ2v) is 6.90. The quantitative estimate of drug-likeness (QED) is 0.521. The van der Waals surface area contributed by atoms with Gasteiger partial charge in [-0.3, -0.25) is 4.68 Å². The molecule has 0 saturated carbocycles. The van der Waals surface area contributed by atoms with Crippen LogP contribution in [0.4, 0.5) is 16.2 Å². The maximum absolute atomic E-state index is 12.0. The maximum Gasteiger partial charge on any atom is 0.407 e. The number of carbonyl (C=O) groups excluding carboxylic acids is 2. The van der Waals surface area contributed by atoms with Gasteiger partial charge in [-0.05, 0) is 34.1 Å². The standard InChI is InChI=1S/C18H26N6O4/c1-5-27-16(25)15-14(10-19-12-21-15)23-13-9-22-24(11-13)8-6-7-20-17(26)28-18(2,3)4/h9-12,23H,5-8H2,1-4H3,(H,20,26). The molecule has 2 heterocycles. The fourth-order valence-corrected chi connectivity index (χ4v) is 2.23. The van der Waals surface area contributed by atoms with Crippen molar-refractivity contribution in [3.05, 3.63) is 30.6 Å². The minimum Gasteiger partial charge on any atom is -0.461 e. The van der Waals surface area contributed by atoms with Gasteiger partial charge in [-0.15, -0.1) is 0 Å². The molecule has 152 valence electrons. The molecule has 28 heavy (non-hydrogen) atoms. The van der Waals surface area contributed by atoms with E-state index in [4.69, 9.17) is 9.47 Å². The summed E-state index contributed by atoms with van der Waals surface area (Å²) in [6.07, 6.45) is 6.45. The molecule has 0 fully saturated rings. The van der Waals surface area contributed by atoms with Crippen LogP contribution in [0.15, 0.2) is 24.9 Å². The SMILES string of the molecule is CCOC(=O)c1ncncc1Nc1cnn(CCCNC(=O)OC(C)(C)C)c1. The Kier molecular flexibility index (Phi) is 7.30. The molecular formula is C18H26N6O4. The normalized spacial score (nSPS) is 11.0. The molecule has 0 saturated heterocycles. The third kappa shape index (κ3) is 6.86. The highest BCUT2D eigenvalue weighted by molar-refractivity contribution is 5.94. The van der Waals surface area contributed by atoms with Crippen molar-refractivity contribution in [2.24, 2.45) is 0 Å². The van der Waals surface area contributed by atoms with Crippen molar-refractivity contribution in [1.82, 2.24) is 25.1 Å². The Morgan fingerprint density at radius 3 is 2.75 bits per heavy atom. The summed E-state index contributed by atoms with van der Waals surface area (Å²) in [5, 5.41) is 10.0. The maximum atomic E-state index is 12.0. The molecule has 1 amide bonds. The topological polar surface area (TPSA) is 120 Å². The van der Waals surface area contributed by atoms with Crippen molar-refractivity contribution in [3.63, 3.8) is 0 Å². The van der Waals surface area contributed by atoms with Crippen LogP contribution in [0, 0.1) is 0 Å². The van der Waals surface area contributed by atoms with E-state index < -0.39 is 17.7 Å². The lowest BCUT2D eigenvalue weighted by Crippen LogP contribution is -2.33. The summed E-state index contributed by atoms with van der Waals surface area (Å²) in [7, 11) is 0. The van der Waals surface area contributed by atoms with Crippen molar-refractivity contribution in [3.8, 4) is 0 Å². The molecule has 0 unspecified atom stereocenters. The minimum absolute atomic E-state index is 0.158. The number of nitrogens with zero attached hydrogens (tertiary/aromatic N) is 4. The number of hydrogen-bond donors (Lipinski definition) is 2. The van der Waals surface area contributed by atoms with E-state index in [1.54, 1.807) is 24.0 Å². The average Bonchev–Trinajstić information content (AvgIpc) is 3.05. The molecule has 2 rings (SSSR count). The highest BCUT2D eigenvalue weighted by atomic mass is 16.6. The zero-order valence-electron chi connectivity index (χ0n) is 16.6. The first-order valence-electron chi connectivity index (χ1n) is 9.02. The van der Waals surface area contributed by atoms with Gasteiger partial charge in [-0.25, -0.2) is 19.6 Å². The molecule has 2 N–H and O–H groups in total. The third-order valence-corrected chi connectivity index (χ3v) is 3.33. The van der Waals surface area contributed by atoms with Gasteiger partial charge in [0, 0.05) is 19.3 Å². The number of hydrogen-bond acceptors (Lipinski definition) is 8. The number of anilines is 2. The fraction of sp³-hybridized carbons (Fsp3) is 0.500. The lowest BCUT2D eigenvalue weighted by molar-refractivity contribution is 0.0512. The van der Waals surface area contributed by atoms with E-state index in [0.29, 0.717) is 30.9 Å². The van der Waals surface area contributed by atoms with Crippen molar-refractivity contribution in [1.29, 1.82) is 0 Å². The van der Waals surface area contributed by atoms with Gasteiger partial charge in [-0.1, -0.05) is 0 Å². The van der Waals surface area contributed by atoms with Crippen LogP contribution in [0.3, 0.4) is 0 Å². The van der Waals surface area contributed by atoms with Crippen LogP contribution < -0.4 is 10.6 Å². The van der Waals surface area contributed by atoms with Gasteiger partial charge in [0.05, 0.1) is 30.4 Å². The Hall–Kier alpha value is -3.17. The van der Waals surface area contributed by atoms with Crippen molar-refractivity contribution in [2.45, 2.75) is 46.3 Å². The molecule has 2 aromatic heterocycles. The van der Waals surface area contributed by atoms with Crippen molar-refractivity contribution < 1.29 is 19.1 Å². The molecule has 0 aliphatic carbocycles. The van der Waals surface area contributed by atoms with Gasteiger partial charge >= 0.3 is 12.1 Å². The molecule has 10 nitrogen and oxygen atoms in total. The van der Waals surface area contributed by atoms with E-state index in [0.717, 1.165) is 0 Å². The Morgan fingerprint density at radius 2 is 2.04 bits per heavy atom. The monoisotopic (exact) mass is 390 g/mol. The molecule has 0 bridgehead atoms. The molecule has 0 aliphatic heterocycles. The second kappa shape index (κ2) is 9.67. The van der Waals surface area contributed by atoms with Gasteiger partial charge in [-0.2, -0.15) is 5.10 Å². The van der Waals surface area contributed by atoms with Crippen LogP contribution in [-0.4, -0.2) is 50.6 Å². The highest BCUT2D eigenvalue weighted by Crippen LogP contribution is 2.18. The lowest BCUT2D eigenvalue weighted by Gasteiger charge is -2.19. The molecule has 0 aliphatic rings. The third-order valence-electron chi connectivity index (χ3n) is 3.33. The van der Waals surface area contributed by atoms with E-state index in [2.05, 4.69) is 25.7 Å². The smallest absolute Gasteiger partial charge is 0.407 e. The summed E-state index contributed by atoms with van der Waals surface area (Å²) in [6.45, 7) is 8.51. The van der Waals surface area contributed by atoms with E-state index in [1.165, 1.54) is 12.5 Å². The molecule has 0 aromatic carbocycles. The molecule has 0 radical (unpaired) electrons. The summed E-state index contributed by atoms with van der Waals surface area (Å²) in [6, 6.07) is 0. The van der Waals surface area contributed by atoms with Gasteiger partial charge < -0.3 is 20.1 Å². The molecular weight excluding hydrogens is 364 g/mol. The van der Waals surface area contributed by atoms with Gasteiger partial charge in [0.1, 0.15) is 11.9 Å². The summed E-state index contributed by atoms with van der Waals surface area (Å²) in [4.78, 5) is 31.5. The molecule has 0 atom stereocenters. The zero-order valence-corrected chi connectivity index (χ0v) is 16.6. The number of nitrogens with one attached hydrogen (secondary N) is 2. The number of aromatic nitrogens is 4. The summed E-state index contributed by atoms with van der Waals surface area (Å²) in [5.74, 6) is -0.520. The predicted octanol–water partition coefficient (Wildman–Crippen LogP) is 2.51. The first-order valence-corrected chi connectivity index (χ1v) is 9.02. The number of ether oxygens (including phenoxy) is 2. The van der Waals surface area contributed by atoms with Crippen molar-refractivity contribution in [2.75, 3.05) is 18.5 Å². The van der Waals surface area contributed by atoms with E-state index in [9.17, 15) is 9.59 Å². The van der Waals surface area contributed by atoms with Gasteiger partial charge in [0.15, 0.2) is 5.69 Å². The van der Waals surface area contributed by atoms with E-state index >= 15 is 0 Å². The van der Waals surface area contributed by atoms with Crippen LogP contribution >= 0.6 is 0 Å². The summed E-state index contributed by atoms with van der Waals surface area (Å²) < 4.78 is 11.9. The van der Waals surface area contributed by atoms with Crippen molar-refractivity contribution >= 4 is 23.4 Å². The minimum atomic E-state index is -0.520. The number of alkyl carbamates (subject to hydrolysis) is 1. The number of rotatable bonds is 8. The Balaban J connectivity index is 1.85. The van der Waals surface area contributed by atoms with Crippen LogP contribution in [0.2, 0.25) is 0 Å². The average molecular weight is 390 g/mol. The fourth-order valence-electron chi connectivity index (χ4n) is 2.23. The molecule has 10 heteroatoms. The Morgan fingerprint density at radius 1 is 1.25 bits per heavy atom. The zero-order chi connectivity index (χ0) is 20.6. The first kappa shape index (κ1) is 21.1. The Labute approximate surface area is 163 Å². The predicted molar refractivity (Wildman–Crippen MR) is 102 cm³/mol. The van der Waals surface area contributed by atoms with Crippen LogP contribution in [0.1, 0.15) is 44.6 Å². The lowest BCUT2D eigenvalue weighted by atomic mass is 10.2. The van der Waals surface area contributed by atoms with Crippen LogP contribution in [-0.2, 0) is 16.0 Å². The van der Waals surface area contributed by atoms with E-state index in [-0.39, 0.29) is 12.3 Å². The summed E-state index contributed by atoms with van der Waals surface area (Å²) >= 11 is 0. The molecule has 2 aromatic rings. The largest absolute Gasteiger partial charge is 0.461 e. The van der Waals surface area contributed by atoms with Gasteiger partial charge in [0.2, 0.25) is 0 Å². The van der Waals surface area contributed by atoms with E-state index in [1.807, 2.05) is 20.8 Å². The number of amides is 1. The summed E-state index contributed by atoms with van der Waals surface area (Å²) in [5.41, 5.74) is 0.759. The van der Waals surface area contributed by atoms with Crippen LogP contribution in [0.25, 0.3) is 0 Å². The first-order chi connectivity index (χ1) is 13.3. The number of esters is 1. The second-order valence-electron chi connectivity index (χ2n) is 6.90. The number of aryl methyl sites for hydroxylation is 1. The van der Waals surface area contributed by atoms with Crippen LogP contribution in [0.5, 0.6) is 0 Å². The highest BCUT2D eigenvalue weighted by Gasteiger charge is 2.16. The Bertz CT molecular complexity index is 799.